The summed E-state index contributed by atoms with van der Waals surface area (Å²) in [7, 11) is 0. The molecule has 0 aliphatic carbocycles. The first-order valence-corrected chi connectivity index (χ1v) is 10.0. The van der Waals surface area contributed by atoms with Crippen LogP contribution in [0.15, 0.2) is 36.4 Å². The van der Waals surface area contributed by atoms with E-state index in [-0.39, 0.29) is 18.0 Å². The second kappa shape index (κ2) is 7.12. The zero-order valence-electron chi connectivity index (χ0n) is 16.0. The molecule has 1 aromatic rings. The van der Waals surface area contributed by atoms with Gasteiger partial charge in [0, 0.05) is 5.69 Å². The fourth-order valence-corrected chi connectivity index (χ4v) is 4.52. The highest BCUT2D eigenvalue weighted by atomic mass is 16.6. The highest BCUT2D eigenvalue weighted by molar-refractivity contribution is 6.02. The maximum Gasteiger partial charge on any atom is 0.312 e. The van der Waals surface area contributed by atoms with Gasteiger partial charge >= 0.3 is 5.97 Å². The van der Waals surface area contributed by atoms with Gasteiger partial charge in [0.15, 0.2) is 0 Å². The van der Waals surface area contributed by atoms with Gasteiger partial charge in [-0.15, -0.1) is 0 Å². The van der Waals surface area contributed by atoms with Gasteiger partial charge in [-0.05, 0) is 30.5 Å². The van der Waals surface area contributed by atoms with Gasteiger partial charge < -0.3 is 14.4 Å². The number of rotatable bonds is 7. The lowest BCUT2D eigenvalue weighted by molar-refractivity contribution is -0.152. The van der Waals surface area contributed by atoms with Gasteiger partial charge in [-0.25, -0.2) is 0 Å². The molecule has 4 atom stereocenters. The standard InChI is InChI=1S/C22H27NO4/c1-3-5-6-13-26-21(25)18-17-11-12-22(27-17)14-23(20(24)19(18)22)16-9-7-15(4-2)8-10-16/h7-12,17-19H,3-6,13-14H2,1-2H3/t17-,18-,19+,22+/m1/s1. The number of benzene rings is 1. The quantitative estimate of drug-likeness (QED) is 0.420. The number of nitrogens with zero attached hydrogens (tertiary/aromatic N) is 1. The molecule has 0 saturated carbocycles. The van der Waals surface area contributed by atoms with Crippen LogP contribution >= 0.6 is 0 Å². The van der Waals surface area contributed by atoms with Crippen LogP contribution in [-0.2, 0) is 25.5 Å². The van der Waals surface area contributed by atoms with Crippen LogP contribution in [0.4, 0.5) is 5.69 Å². The molecule has 0 N–H and O–H groups in total. The molecular weight excluding hydrogens is 342 g/mol. The number of unbranched alkanes of at least 4 members (excludes halogenated alkanes) is 2. The van der Waals surface area contributed by atoms with E-state index >= 15 is 0 Å². The predicted octanol–water partition coefficient (Wildman–Crippen LogP) is 3.27. The number of aryl methyl sites for hydroxylation is 1. The number of fused-ring (bicyclic) bond motifs is 1. The summed E-state index contributed by atoms with van der Waals surface area (Å²) in [6, 6.07) is 8.04. The van der Waals surface area contributed by atoms with Crippen LogP contribution in [0.5, 0.6) is 0 Å². The molecule has 2 fully saturated rings. The SMILES string of the molecule is CCCCCOC(=O)[C@H]1[C@H]2C(=O)N(c3ccc(CC)cc3)C[C@@]23C=C[C@H]1O3. The van der Waals surface area contributed by atoms with Crippen molar-refractivity contribution < 1.29 is 19.1 Å². The molecule has 1 spiro atoms. The van der Waals surface area contributed by atoms with Crippen molar-refractivity contribution in [3.05, 3.63) is 42.0 Å². The summed E-state index contributed by atoms with van der Waals surface area (Å²) >= 11 is 0. The molecule has 5 nitrogen and oxygen atoms in total. The molecule has 3 aliphatic rings. The molecule has 1 aromatic carbocycles. The fraction of sp³-hybridized carbons (Fsp3) is 0.545. The van der Waals surface area contributed by atoms with E-state index in [0.717, 1.165) is 31.4 Å². The molecular formula is C22H27NO4. The first-order valence-electron chi connectivity index (χ1n) is 10.0. The summed E-state index contributed by atoms with van der Waals surface area (Å²) in [5.41, 5.74) is 1.39. The third-order valence-corrected chi connectivity index (χ3v) is 6.02. The Morgan fingerprint density at radius 2 is 2.04 bits per heavy atom. The highest BCUT2D eigenvalue weighted by Gasteiger charge is 2.67. The summed E-state index contributed by atoms with van der Waals surface area (Å²) in [6.45, 7) is 5.08. The monoisotopic (exact) mass is 369 g/mol. The lowest BCUT2D eigenvalue weighted by atomic mass is 9.77. The number of carbonyl (C=O) groups excluding carboxylic acids is 2. The van der Waals surface area contributed by atoms with Crippen LogP contribution in [0, 0.1) is 11.8 Å². The second-order valence-electron chi connectivity index (χ2n) is 7.72. The molecule has 27 heavy (non-hydrogen) atoms. The predicted molar refractivity (Wildman–Crippen MR) is 102 cm³/mol. The minimum absolute atomic E-state index is 0.0402. The Morgan fingerprint density at radius 3 is 2.74 bits per heavy atom. The van der Waals surface area contributed by atoms with E-state index < -0.39 is 17.4 Å². The number of esters is 1. The third-order valence-electron chi connectivity index (χ3n) is 6.02. The molecule has 1 amide bonds. The average molecular weight is 369 g/mol. The molecule has 4 rings (SSSR count). The maximum absolute atomic E-state index is 13.2. The minimum Gasteiger partial charge on any atom is -0.465 e. The molecule has 3 heterocycles. The minimum atomic E-state index is -0.696. The third kappa shape index (κ3) is 2.98. The van der Waals surface area contributed by atoms with Crippen LogP contribution in [0.2, 0.25) is 0 Å². The molecule has 3 aliphatic heterocycles. The van der Waals surface area contributed by atoms with Crippen molar-refractivity contribution in [1.82, 2.24) is 0 Å². The van der Waals surface area contributed by atoms with E-state index in [0.29, 0.717) is 13.2 Å². The average Bonchev–Trinajstić information content (AvgIpc) is 3.33. The number of hydrogen-bond donors (Lipinski definition) is 0. The van der Waals surface area contributed by atoms with Gasteiger partial charge in [0.2, 0.25) is 5.91 Å². The number of amides is 1. The van der Waals surface area contributed by atoms with E-state index in [1.165, 1.54) is 5.56 Å². The highest BCUT2D eigenvalue weighted by Crippen LogP contribution is 2.52. The smallest absolute Gasteiger partial charge is 0.312 e. The molecule has 0 radical (unpaired) electrons. The Morgan fingerprint density at radius 1 is 1.26 bits per heavy atom. The maximum atomic E-state index is 13.2. The van der Waals surface area contributed by atoms with Gasteiger partial charge in [-0.1, -0.05) is 51.0 Å². The number of hydrogen-bond acceptors (Lipinski definition) is 4. The zero-order chi connectivity index (χ0) is 19.0. The fourth-order valence-electron chi connectivity index (χ4n) is 4.52. The molecule has 2 saturated heterocycles. The van der Waals surface area contributed by atoms with Crippen LogP contribution in [0.25, 0.3) is 0 Å². The van der Waals surface area contributed by atoms with E-state index in [4.69, 9.17) is 9.47 Å². The van der Waals surface area contributed by atoms with E-state index in [1.807, 2.05) is 36.4 Å². The Labute approximate surface area is 160 Å². The lowest BCUT2D eigenvalue weighted by Gasteiger charge is -2.22. The number of carbonyl (C=O) groups is 2. The van der Waals surface area contributed by atoms with Crippen LogP contribution < -0.4 is 4.90 Å². The molecule has 144 valence electrons. The first-order chi connectivity index (χ1) is 13.1. The van der Waals surface area contributed by atoms with Gasteiger partial charge in [0.25, 0.3) is 0 Å². The normalized spacial score (nSPS) is 30.8. The molecule has 2 bridgehead atoms. The van der Waals surface area contributed by atoms with Crippen LogP contribution in [0.3, 0.4) is 0 Å². The van der Waals surface area contributed by atoms with Crippen molar-refractivity contribution >= 4 is 17.6 Å². The van der Waals surface area contributed by atoms with Crippen LogP contribution in [-0.4, -0.2) is 36.7 Å². The largest absolute Gasteiger partial charge is 0.465 e. The zero-order valence-corrected chi connectivity index (χ0v) is 16.0. The van der Waals surface area contributed by atoms with Gasteiger partial charge in [-0.3, -0.25) is 9.59 Å². The van der Waals surface area contributed by atoms with Crippen molar-refractivity contribution in [3.8, 4) is 0 Å². The second-order valence-corrected chi connectivity index (χ2v) is 7.72. The summed E-state index contributed by atoms with van der Waals surface area (Å²) in [6.07, 6.45) is 7.47. The van der Waals surface area contributed by atoms with E-state index in [1.54, 1.807) is 4.90 Å². The molecule has 5 heteroatoms. The van der Waals surface area contributed by atoms with Gasteiger partial charge in [0.05, 0.1) is 25.2 Å². The lowest BCUT2D eigenvalue weighted by Crippen LogP contribution is -2.40. The Bertz CT molecular complexity index is 756. The van der Waals surface area contributed by atoms with Crippen molar-refractivity contribution in [2.24, 2.45) is 11.8 Å². The van der Waals surface area contributed by atoms with Gasteiger partial charge in [-0.2, -0.15) is 0 Å². The summed E-state index contributed by atoms with van der Waals surface area (Å²) in [5, 5.41) is 0. The summed E-state index contributed by atoms with van der Waals surface area (Å²) in [4.78, 5) is 27.7. The molecule has 0 aromatic heterocycles. The van der Waals surface area contributed by atoms with E-state index in [2.05, 4.69) is 13.8 Å². The Kier molecular flexibility index (Phi) is 4.81. The topological polar surface area (TPSA) is 55.8 Å². The first kappa shape index (κ1) is 18.2. The van der Waals surface area contributed by atoms with Gasteiger partial charge in [0.1, 0.15) is 11.5 Å². The number of ether oxygens (including phenoxy) is 2. The van der Waals surface area contributed by atoms with Crippen molar-refractivity contribution in [2.45, 2.75) is 51.2 Å². The van der Waals surface area contributed by atoms with Crippen molar-refractivity contribution in [3.63, 3.8) is 0 Å². The van der Waals surface area contributed by atoms with Crippen LogP contribution in [0.1, 0.15) is 38.7 Å². The van der Waals surface area contributed by atoms with Crippen molar-refractivity contribution in [2.75, 3.05) is 18.1 Å². The van der Waals surface area contributed by atoms with E-state index in [9.17, 15) is 9.59 Å². The van der Waals surface area contributed by atoms with Crippen molar-refractivity contribution in [1.29, 1.82) is 0 Å². The summed E-state index contributed by atoms with van der Waals surface area (Å²) < 4.78 is 11.6. The number of anilines is 1. The molecule has 0 unspecified atom stereocenters. The summed E-state index contributed by atoms with van der Waals surface area (Å²) in [5.74, 6) is -1.37. The Hall–Kier alpha value is -2.14. The Balaban J connectivity index is 1.52.